The maximum absolute atomic E-state index is 13.8. The van der Waals surface area contributed by atoms with Crippen molar-refractivity contribution in [3.63, 3.8) is 0 Å². The summed E-state index contributed by atoms with van der Waals surface area (Å²) in [5.41, 5.74) is -2.31. The van der Waals surface area contributed by atoms with Crippen molar-refractivity contribution in [2.45, 2.75) is 17.9 Å². The highest BCUT2D eigenvalue weighted by Crippen LogP contribution is 2.45. The maximum atomic E-state index is 13.8. The van der Waals surface area contributed by atoms with Crippen LogP contribution in [0.25, 0.3) is 0 Å². The van der Waals surface area contributed by atoms with Crippen LogP contribution in [0.5, 0.6) is 0 Å². The molecule has 0 fully saturated rings. The third kappa shape index (κ3) is 2.28. The second-order valence-electron chi connectivity index (χ2n) is 4.09. The maximum Gasteiger partial charge on any atom is 0.284 e. The van der Waals surface area contributed by atoms with Gasteiger partial charge in [0.15, 0.2) is 5.60 Å². The fourth-order valence-electron chi connectivity index (χ4n) is 1.97. The van der Waals surface area contributed by atoms with E-state index in [0.717, 1.165) is 0 Å². The van der Waals surface area contributed by atoms with E-state index in [9.17, 15) is 13.9 Å². The largest absolute Gasteiger partial charge is 0.393 e. The Bertz CT molecular complexity index is 445. The van der Waals surface area contributed by atoms with Crippen LogP contribution >= 0.6 is 24.0 Å². The van der Waals surface area contributed by atoms with Gasteiger partial charge in [0.1, 0.15) is 0 Å². The Kier molecular flexibility index (Phi) is 4.43. The number of hydrogen-bond acceptors (Lipinski definition) is 3. The summed E-state index contributed by atoms with van der Waals surface area (Å²) in [6, 6.07) is 4.30. The van der Waals surface area contributed by atoms with Gasteiger partial charge < -0.3 is 15.5 Å². The van der Waals surface area contributed by atoms with E-state index < -0.39 is 24.6 Å². The number of benzene rings is 1. The van der Waals surface area contributed by atoms with Gasteiger partial charge in [-0.2, -0.15) is 0 Å². The molecule has 102 valence electrons. The fourth-order valence-corrected chi connectivity index (χ4v) is 2.14. The van der Waals surface area contributed by atoms with Crippen LogP contribution in [-0.2, 0) is 5.60 Å². The summed E-state index contributed by atoms with van der Waals surface area (Å²) in [4.78, 5) is 0. The summed E-state index contributed by atoms with van der Waals surface area (Å²) in [5.74, 6) is -3.41. The molecule has 2 rings (SSSR count). The molecule has 1 atom stereocenters. The Morgan fingerprint density at radius 2 is 2.06 bits per heavy atom. The Morgan fingerprint density at radius 3 is 2.67 bits per heavy atom. The van der Waals surface area contributed by atoms with Gasteiger partial charge in [0.25, 0.3) is 5.92 Å². The van der Waals surface area contributed by atoms with E-state index in [1.807, 2.05) is 0 Å². The normalized spacial score (nSPS) is 25.4. The summed E-state index contributed by atoms with van der Waals surface area (Å²) in [7, 11) is 0. The molecule has 0 spiro atoms. The SMILES string of the molecule is Cl.OC[C@@]1(O)c2cc(Cl)ccc2NCCC1(F)F. The lowest BCUT2D eigenvalue weighted by atomic mass is 9.86. The third-order valence-electron chi connectivity index (χ3n) is 3.02. The minimum atomic E-state index is -3.41. The molecule has 0 aromatic heterocycles. The van der Waals surface area contributed by atoms with Gasteiger partial charge in [-0.05, 0) is 18.2 Å². The van der Waals surface area contributed by atoms with Gasteiger partial charge in [-0.1, -0.05) is 11.6 Å². The van der Waals surface area contributed by atoms with Gasteiger partial charge in [0.2, 0.25) is 0 Å². The van der Waals surface area contributed by atoms with Crippen molar-refractivity contribution < 1.29 is 19.0 Å². The van der Waals surface area contributed by atoms with Crippen LogP contribution in [0.15, 0.2) is 18.2 Å². The van der Waals surface area contributed by atoms with Gasteiger partial charge in [-0.15, -0.1) is 12.4 Å². The number of fused-ring (bicyclic) bond motifs is 1. The molecule has 7 heteroatoms. The fraction of sp³-hybridized carbons (Fsp3) is 0.455. The zero-order valence-electron chi connectivity index (χ0n) is 9.29. The molecule has 1 aromatic carbocycles. The second-order valence-corrected chi connectivity index (χ2v) is 4.53. The molecule has 18 heavy (non-hydrogen) atoms. The van der Waals surface area contributed by atoms with E-state index in [4.69, 9.17) is 16.7 Å². The molecule has 0 radical (unpaired) electrons. The van der Waals surface area contributed by atoms with Crippen molar-refractivity contribution in [3.8, 4) is 0 Å². The average Bonchev–Trinajstić information content (AvgIpc) is 2.37. The van der Waals surface area contributed by atoms with E-state index in [2.05, 4.69) is 5.32 Å². The summed E-state index contributed by atoms with van der Waals surface area (Å²) in [6.45, 7) is -1.04. The molecule has 1 aliphatic heterocycles. The molecule has 0 aliphatic carbocycles. The number of hydrogen-bond donors (Lipinski definition) is 3. The van der Waals surface area contributed by atoms with Crippen molar-refractivity contribution in [1.82, 2.24) is 0 Å². The Morgan fingerprint density at radius 1 is 1.39 bits per heavy atom. The molecule has 1 aromatic rings. The van der Waals surface area contributed by atoms with E-state index in [1.54, 1.807) is 0 Å². The number of anilines is 1. The standard InChI is InChI=1S/C11H12ClF2NO2.ClH/c12-7-1-2-9-8(5-7)10(17,6-16)11(13,14)3-4-15-9;/h1-2,5,15-17H,3-4,6H2;1H/t10-;/m1./s1. The lowest BCUT2D eigenvalue weighted by Gasteiger charge is -2.33. The minimum absolute atomic E-state index is 0. The Balaban J connectivity index is 0.00000162. The quantitative estimate of drug-likeness (QED) is 0.746. The van der Waals surface area contributed by atoms with E-state index in [-0.39, 0.29) is 29.5 Å². The van der Waals surface area contributed by atoms with Crippen LogP contribution in [0.2, 0.25) is 5.02 Å². The first-order valence-corrected chi connectivity index (χ1v) is 5.53. The van der Waals surface area contributed by atoms with Crippen molar-refractivity contribution in [2.24, 2.45) is 0 Å². The number of rotatable bonds is 1. The molecule has 3 N–H and O–H groups in total. The zero-order chi connectivity index (χ0) is 12.7. The van der Waals surface area contributed by atoms with Crippen LogP contribution in [0.3, 0.4) is 0 Å². The molecular weight excluding hydrogens is 287 g/mol. The lowest BCUT2D eigenvalue weighted by molar-refractivity contribution is -0.205. The third-order valence-corrected chi connectivity index (χ3v) is 3.25. The molecule has 1 aliphatic rings. The molecule has 0 amide bonds. The first-order valence-electron chi connectivity index (χ1n) is 5.16. The second kappa shape index (κ2) is 5.17. The van der Waals surface area contributed by atoms with E-state index in [1.165, 1.54) is 18.2 Å². The van der Waals surface area contributed by atoms with Crippen molar-refractivity contribution in [2.75, 3.05) is 18.5 Å². The summed E-state index contributed by atoms with van der Waals surface area (Å²) >= 11 is 5.74. The Hall–Kier alpha value is -0.620. The minimum Gasteiger partial charge on any atom is -0.393 e. The summed E-state index contributed by atoms with van der Waals surface area (Å²) in [5, 5.41) is 22.2. The number of aliphatic hydroxyl groups excluding tert-OH is 1. The predicted molar refractivity (Wildman–Crippen MR) is 67.7 cm³/mol. The number of nitrogens with one attached hydrogen (secondary N) is 1. The van der Waals surface area contributed by atoms with Crippen LogP contribution < -0.4 is 5.32 Å². The first kappa shape index (κ1) is 15.4. The molecule has 1 heterocycles. The average molecular weight is 300 g/mol. The summed E-state index contributed by atoms with van der Waals surface area (Å²) < 4.78 is 27.7. The van der Waals surface area contributed by atoms with Gasteiger partial charge in [-0.25, -0.2) is 8.78 Å². The summed E-state index contributed by atoms with van der Waals surface area (Å²) in [6.07, 6.45) is -0.559. The number of alkyl halides is 2. The van der Waals surface area contributed by atoms with Crippen molar-refractivity contribution in [1.29, 1.82) is 0 Å². The van der Waals surface area contributed by atoms with E-state index >= 15 is 0 Å². The molecule has 0 bridgehead atoms. The van der Waals surface area contributed by atoms with Crippen LogP contribution in [0.4, 0.5) is 14.5 Å². The zero-order valence-corrected chi connectivity index (χ0v) is 10.9. The number of aliphatic hydroxyl groups is 2. The van der Waals surface area contributed by atoms with Crippen LogP contribution in [-0.4, -0.2) is 29.3 Å². The number of halogens is 4. The van der Waals surface area contributed by atoms with Crippen molar-refractivity contribution >= 4 is 29.7 Å². The molecule has 3 nitrogen and oxygen atoms in total. The first-order chi connectivity index (χ1) is 7.90. The molecule has 0 unspecified atom stereocenters. The predicted octanol–water partition coefficient (Wildman–Crippen LogP) is 2.39. The van der Waals surface area contributed by atoms with Crippen LogP contribution in [0, 0.1) is 0 Å². The van der Waals surface area contributed by atoms with Crippen molar-refractivity contribution in [3.05, 3.63) is 28.8 Å². The highest BCUT2D eigenvalue weighted by molar-refractivity contribution is 6.30. The Labute approximate surface area is 114 Å². The molecule has 0 saturated carbocycles. The molecular formula is C11H13Cl2F2NO2. The highest BCUT2D eigenvalue weighted by atomic mass is 35.5. The smallest absolute Gasteiger partial charge is 0.284 e. The van der Waals surface area contributed by atoms with Gasteiger partial charge in [0, 0.05) is 29.2 Å². The molecule has 0 saturated heterocycles. The van der Waals surface area contributed by atoms with Crippen LogP contribution in [0.1, 0.15) is 12.0 Å². The van der Waals surface area contributed by atoms with Gasteiger partial charge >= 0.3 is 0 Å². The monoisotopic (exact) mass is 299 g/mol. The van der Waals surface area contributed by atoms with Gasteiger partial charge in [0.05, 0.1) is 6.61 Å². The lowest BCUT2D eigenvalue weighted by Crippen LogP contribution is -2.48. The highest BCUT2D eigenvalue weighted by Gasteiger charge is 2.55. The topological polar surface area (TPSA) is 52.5 Å². The van der Waals surface area contributed by atoms with Gasteiger partial charge in [-0.3, -0.25) is 0 Å². The van der Waals surface area contributed by atoms with E-state index in [0.29, 0.717) is 5.69 Å².